The van der Waals surface area contributed by atoms with Crippen molar-refractivity contribution in [3.8, 4) is 0 Å². The minimum absolute atomic E-state index is 0.0435. The van der Waals surface area contributed by atoms with Gasteiger partial charge < -0.3 is 14.4 Å². The molecule has 4 aromatic rings. The van der Waals surface area contributed by atoms with Crippen molar-refractivity contribution in [3.63, 3.8) is 0 Å². The number of rotatable bonds is 6. The Kier molecular flexibility index (Phi) is 5.30. The summed E-state index contributed by atoms with van der Waals surface area (Å²) >= 11 is 5.77. The number of carbonyl (C=O) groups is 1. The number of imidazole rings is 1. The Balaban J connectivity index is 1.58. The molecule has 0 spiro atoms. The first-order chi connectivity index (χ1) is 15.5. The van der Waals surface area contributed by atoms with E-state index in [2.05, 4.69) is 31.7 Å². The standard InChI is InChI=1S/C23H24ClN7O/c1-28(21(32)8-9-24)18-10-19-22(25-12-18)27-23(31(19)13-16-6-4-3-5-7-16)30-14-17-11-26-29(2)20(17)15-30/h3-7,10-12H,8-9,13-15H2,1-2H3. The number of benzene rings is 1. The van der Waals surface area contributed by atoms with E-state index in [1.165, 1.54) is 16.8 Å². The third-order valence-electron chi connectivity index (χ3n) is 5.96. The van der Waals surface area contributed by atoms with Crippen molar-refractivity contribution in [2.45, 2.75) is 26.1 Å². The molecular weight excluding hydrogens is 426 g/mol. The van der Waals surface area contributed by atoms with E-state index < -0.39 is 0 Å². The van der Waals surface area contributed by atoms with Crippen LogP contribution in [-0.4, -0.2) is 43.2 Å². The number of alkyl halides is 1. The number of fused-ring (bicyclic) bond motifs is 2. The fourth-order valence-corrected chi connectivity index (χ4v) is 4.31. The lowest BCUT2D eigenvalue weighted by Crippen LogP contribution is -2.26. The summed E-state index contributed by atoms with van der Waals surface area (Å²) in [7, 11) is 3.72. The molecule has 0 aliphatic carbocycles. The lowest BCUT2D eigenvalue weighted by Gasteiger charge is -2.20. The molecule has 8 nitrogen and oxygen atoms in total. The summed E-state index contributed by atoms with van der Waals surface area (Å²) in [5.74, 6) is 1.11. The van der Waals surface area contributed by atoms with E-state index in [1.54, 1.807) is 18.1 Å². The monoisotopic (exact) mass is 449 g/mol. The van der Waals surface area contributed by atoms with Crippen molar-refractivity contribution in [1.29, 1.82) is 0 Å². The third kappa shape index (κ3) is 3.60. The molecule has 4 heterocycles. The first-order valence-electron chi connectivity index (χ1n) is 10.5. The highest BCUT2D eigenvalue weighted by Crippen LogP contribution is 2.31. The summed E-state index contributed by atoms with van der Waals surface area (Å²) in [6.45, 7) is 2.15. The van der Waals surface area contributed by atoms with Gasteiger partial charge in [-0.1, -0.05) is 30.3 Å². The maximum atomic E-state index is 12.4. The van der Waals surface area contributed by atoms with Crippen molar-refractivity contribution < 1.29 is 4.79 Å². The molecule has 1 aliphatic rings. The van der Waals surface area contributed by atoms with Crippen molar-refractivity contribution in [3.05, 3.63) is 65.6 Å². The molecule has 1 amide bonds. The van der Waals surface area contributed by atoms with Crippen LogP contribution in [0.1, 0.15) is 23.2 Å². The van der Waals surface area contributed by atoms with Crippen LogP contribution in [0, 0.1) is 0 Å². The number of pyridine rings is 1. The zero-order valence-corrected chi connectivity index (χ0v) is 18.8. The molecule has 1 aromatic carbocycles. The molecule has 164 valence electrons. The molecule has 5 rings (SSSR count). The van der Waals surface area contributed by atoms with Crippen molar-refractivity contribution in [2.24, 2.45) is 7.05 Å². The van der Waals surface area contributed by atoms with Gasteiger partial charge in [0, 0.05) is 38.5 Å². The smallest absolute Gasteiger partial charge is 0.227 e. The number of aryl methyl sites for hydroxylation is 1. The Bertz CT molecular complexity index is 1280. The van der Waals surface area contributed by atoms with Crippen LogP contribution in [0.5, 0.6) is 0 Å². The molecule has 0 atom stereocenters. The second-order valence-corrected chi connectivity index (χ2v) is 8.39. The molecule has 9 heteroatoms. The molecule has 0 saturated carbocycles. The number of carbonyl (C=O) groups excluding carboxylic acids is 1. The summed E-state index contributed by atoms with van der Waals surface area (Å²) < 4.78 is 4.10. The molecule has 3 aromatic heterocycles. The van der Waals surface area contributed by atoms with E-state index >= 15 is 0 Å². The van der Waals surface area contributed by atoms with Crippen molar-refractivity contribution >= 4 is 40.3 Å². The van der Waals surface area contributed by atoms with Crippen molar-refractivity contribution in [1.82, 2.24) is 24.3 Å². The number of hydrogen-bond donors (Lipinski definition) is 0. The Morgan fingerprint density at radius 3 is 2.75 bits per heavy atom. The van der Waals surface area contributed by atoms with Gasteiger partial charge in [-0.15, -0.1) is 11.6 Å². The zero-order valence-electron chi connectivity index (χ0n) is 18.1. The average Bonchev–Trinajstić information content (AvgIpc) is 3.48. The van der Waals surface area contributed by atoms with Gasteiger partial charge in [0.1, 0.15) is 0 Å². The first kappa shape index (κ1) is 20.5. The molecule has 32 heavy (non-hydrogen) atoms. The van der Waals surface area contributed by atoms with Crippen LogP contribution < -0.4 is 9.80 Å². The number of aromatic nitrogens is 5. The second kappa shape index (κ2) is 8.27. The number of anilines is 2. The number of amides is 1. The highest BCUT2D eigenvalue weighted by molar-refractivity contribution is 6.19. The molecule has 0 N–H and O–H groups in total. The SMILES string of the molecule is CN(C(=O)CCCl)c1cnc2nc(N3Cc4cnn(C)c4C3)n(Cc3ccccc3)c2c1. The average molecular weight is 450 g/mol. The minimum Gasteiger partial charge on any atom is -0.332 e. The van der Waals surface area contributed by atoms with Crippen LogP contribution in [0.4, 0.5) is 11.6 Å². The maximum Gasteiger partial charge on any atom is 0.227 e. The van der Waals surface area contributed by atoms with Crippen molar-refractivity contribution in [2.75, 3.05) is 22.7 Å². The quantitative estimate of drug-likeness (QED) is 0.422. The van der Waals surface area contributed by atoms with Crippen LogP contribution in [-0.2, 0) is 31.5 Å². The number of hydrogen-bond acceptors (Lipinski definition) is 5. The van der Waals surface area contributed by atoms with Gasteiger partial charge in [0.2, 0.25) is 11.9 Å². The molecule has 0 radical (unpaired) electrons. The fourth-order valence-electron chi connectivity index (χ4n) is 4.15. The van der Waals surface area contributed by atoms with Crippen LogP contribution in [0.3, 0.4) is 0 Å². The summed E-state index contributed by atoms with van der Waals surface area (Å²) in [6, 6.07) is 12.3. The second-order valence-electron chi connectivity index (χ2n) is 8.01. The van der Waals surface area contributed by atoms with Gasteiger partial charge in [-0.25, -0.2) is 4.98 Å². The van der Waals surface area contributed by atoms with Crippen LogP contribution in [0.2, 0.25) is 0 Å². The van der Waals surface area contributed by atoms with Gasteiger partial charge >= 0.3 is 0 Å². The van der Waals surface area contributed by atoms with E-state index in [4.69, 9.17) is 16.6 Å². The third-order valence-corrected chi connectivity index (χ3v) is 6.15. The first-order valence-corrected chi connectivity index (χ1v) is 11.1. The van der Waals surface area contributed by atoms with E-state index in [0.29, 0.717) is 18.1 Å². The van der Waals surface area contributed by atoms with Gasteiger partial charge in [-0.05, 0) is 11.6 Å². The Labute approximate surface area is 191 Å². The van der Waals surface area contributed by atoms with E-state index in [-0.39, 0.29) is 12.3 Å². The van der Waals surface area contributed by atoms with Gasteiger partial charge in [0.05, 0.1) is 42.4 Å². The van der Waals surface area contributed by atoms with Crippen LogP contribution >= 0.6 is 11.6 Å². The number of halogens is 1. The highest BCUT2D eigenvalue weighted by Gasteiger charge is 2.27. The largest absolute Gasteiger partial charge is 0.332 e. The lowest BCUT2D eigenvalue weighted by molar-refractivity contribution is -0.117. The maximum absolute atomic E-state index is 12.4. The molecule has 0 unspecified atom stereocenters. The Morgan fingerprint density at radius 1 is 1.19 bits per heavy atom. The summed E-state index contributed by atoms with van der Waals surface area (Å²) in [4.78, 5) is 25.7. The molecule has 0 saturated heterocycles. The summed E-state index contributed by atoms with van der Waals surface area (Å²) in [5.41, 5.74) is 5.85. The number of nitrogens with zero attached hydrogens (tertiary/aromatic N) is 7. The lowest BCUT2D eigenvalue weighted by atomic mass is 10.2. The van der Waals surface area contributed by atoms with Gasteiger partial charge in [0.15, 0.2) is 5.65 Å². The molecular formula is C23H24ClN7O. The highest BCUT2D eigenvalue weighted by atomic mass is 35.5. The topological polar surface area (TPSA) is 72.1 Å². The Morgan fingerprint density at radius 2 is 2.00 bits per heavy atom. The Hall–Kier alpha value is -3.39. The fraction of sp³-hybridized carbons (Fsp3) is 0.304. The molecule has 0 fully saturated rings. The van der Waals surface area contributed by atoms with Gasteiger partial charge in [-0.3, -0.25) is 9.48 Å². The predicted molar refractivity (Wildman–Crippen MR) is 125 cm³/mol. The van der Waals surface area contributed by atoms with Gasteiger partial charge in [0.25, 0.3) is 0 Å². The minimum atomic E-state index is -0.0435. The predicted octanol–water partition coefficient (Wildman–Crippen LogP) is 3.33. The van der Waals surface area contributed by atoms with E-state index in [0.717, 1.165) is 30.2 Å². The van der Waals surface area contributed by atoms with Crippen LogP contribution in [0.25, 0.3) is 11.2 Å². The molecule has 1 aliphatic heterocycles. The van der Waals surface area contributed by atoms with Crippen LogP contribution in [0.15, 0.2) is 48.8 Å². The summed E-state index contributed by atoms with van der Waals surface area (Å²) in [6.07, 6.45) is 3.90. The zero-order chi connectivity index (χ0) is 22.2. The normalized spacial score (nSPS) is 13.0. The van der Waals surface area contributed by atoms with Gasteiger partial charge in [-0.2, -0.15) is 10.1 Å². The molecule has 0 bridgehead atoms. The van der Waals surface area contributed by atoms with E-state index in [9.17, 15) is 4.79 Å². The summed E-state index contributed by atoms with van der Waals surface area (Å²) in [5, 5.41) is 4.37. The van der Waals surface area contributed by atoms with E-state index in [1.807, 2.05) is 42.2 Å².